The number of phosphoric acid groups is 1. The Bertz CT molecular complexity index is 1230. The van der Waals surface area contributed by atoms with E-state index in [-0.39, 0.29) is 19.1 Å². The van der Waals surface area contributed by atoms with Gasteiger partial charge >= 0.3 is 0 Å². The van der Waals surface area contributed by atoms with Crippen LogP contribution in [0, 0.1) is 0 Å². The van der Waals surface area contributed by atoms with Crippen molar-refractivity contribution >= 4 is 13.7 Å². The van der Waals surface area contributed by atoms with Gasteiger partial charge in [0, 0.05) is 6.42 Å². The molecule has 1 amide bonds. The first-order chi connectivity index (χ1) is 38.0. The highest BCUT2D eigenvalue weighted by atomic mass is 31.2. The van der Waals surface area contributed by atoms with Crippen molar-refractivity contribution in [2.45, 2.75) is 398 Å². The van der Waals surface area contributed by atoms with Crippen molar-refractivity contribution in [3.8, 4) is 0 Å². The first-order valence-corrected chi connectivity index (χ1v) is 36.8. The Labute approximate surface area is 489 Å². The first kappa shape index (κ1) is 77.5. The Hall–Kier alpha value is -0.500. The highest BCUT2D eigenvalue weighted by molar-refractivity contribution is 7.45. The van der Waals surface area contributed by atoms with E-state index in [1.54, 1.807) is 0 Å². The van der Waals surface area contributed by atoms with Crippen LogP contribution in [0.25, 0.3) is 0 Å². The number of nitrogens with zero attached hydrogens (tertiary/aromatic N) is 1. The molecule has 0 radical (unpaired) electrons. The molecule has 9 heteroatoms. The lowest BCUT2D eigenvalue weighted by atomic mass is 10.0. The molecule has 2 N–H and O–H groups in total. The standard InChI is InChI=1S/C69H141N2O6P/c1-6-8-10-12-14-16-18-20-22-24-26-27-28-29-30-31-32-33-34-35-36-37-38-39-40-41-42-43-44-45-47-49-51-53-55-57-59-61-63-69(73)70-67(66-77-78(74,75)76-65-64-71(3,4)5)68(72)62-60-58-56-54-52-50-48-46-25-23-21-19-17-15-13-11-9-7-2/h67-68,72H,6-66H2,1-5H3,(H-,70,73,74,75). The third kappa shape index (κ3) is 63.1. The summed E-state index contributed by atoms with van der Waals surface area (Å²) in [5.41, 5.74) is 0. The topological polar surface area (TPSA) is 108 Å². The molecular weight excluding hydrogens is 984 g/mol. The Morgan fingerprint density at radius 1 is 0.397 bits per heavy atom. The summed E-state index contributed by atoms with van der Waals surface area (Å²) in [5, 5.41) is 14.1. The maximum Gasteiger partial charge on any atom is 0.268 e. The van der Waals surface area contributed by atoms with Crippen LogP contribution in [0.3, 0.4) is 0 Å². The van der Waals surface area contributed by atoms with Crippen LogP contribution in [0.5, 0.6) is 0 Å². The zero-order valence-corrected chi connectivity index (χ0v) is 54.6. The van der Waals surface area contributed by atoms with Gasteiger partial charge < -0.3 is 28.8 Å². The molecule has 0 aromatic heterocycles. The number of aliphatic hydroxyl groups excluding tert-OH is 1. The van der Waals surface area contributed by atoms with Gasteiger partial charge in [-0.3, -0.25) is 9.36 Å². The van der Waals surface area contributed by atoms with Crippen molar-refractivity contribution in [2.75, 3.05) is 40.9 Å². The summed E-state index contributed by atoms with van der Waals surface area (Å²) >= 11 is 0. The van der Waals surface area contributed by atoms with Crippen LogP contribution >= 0.6 is 7.82 Å². The number of carbonyl (C=O) groups is 1. The van der Waals surface area contributed by atoms with Gasteiger partial charge in [-0.25, -0.2) is 0 Å². The third-order valence-corrected chi connectivity index (χ3v) is 17.8. The van der Waals surface area contributed by atoms with E-state index in [2.05, 4.69) is 19.2 Å². The molecule has 0 aromatic rings. The van der Waals surface area contributed by atoms with Crippen LogP contribution < -0.4 is 10.2 Å². The van der Waals surface area contributed by atoms with E-state index < -0.39 is 20.0 Å². The summed E-state index contributed by atoms with van der Waals surface area (Å²) in [7, 11) is 1.33. The van der Waals surface area contributed by atoms with Crippen molar-refractivity contribution in [2.24, 2.45) is 0 Å². The molecule has 0 aliphatic heterocycles. The molecule has 0 saturated heterocycles. The SMILES string of the molecule is CCCCCCCCCCCCCCCCCCCCCCCCCCCCCCCCCCCCCCCCC(=O)NC(COP(=O)([O-])OCC[N+](C)(C)C)C(O)CCCCCCCCCCCCCCCCCCCC. The van der Waals surface area contributed by atoms with Crippen molar-refractivity contribution < 1.29 is 32.9 Å². The van der Waals surface area contributed by atoms with E-state index in [9.17, 15) is 19.4 Å². The number of aliphatic hydroxyl groups is 1. The van der Waals surface area contributed by atoms with Gasteiger partial charge in [0.1, 0.15) is 13.2 Å². The predicted molar refractivity (Wildman–Crippen MR) is 339 cm³/mol. The van der Waals surface area contributed by atoms with Gasteiger partial charge in [0.25, 0.3) is 7.82 Å². The summed E-state index contributed by atoms with van der Waals surface area (Å²) in [5.74, 6) is -0.154. The van der Waals surface area contributed by atoms with Gasteiger partial charge in [0.15, 0.2) is 0 Å². The summed E-state index contributed by atoms with van der Waals surface area (Å²) in [6, 6.07) is -0.796. The van der Waals surface area contributed by atoms with E-state index in [0.29, 0.717) is 23.9 Å². The number of quaternary nitrogens is 1. The Morgan fingerprint density at radius 2 is 0.628 bits per heavy atom. The van der Waals surface area contributed by atoms with Crippen molar-refractivity contribution in [1.29, 1.82) is 0 Å². The number of unbranched alkanes of at least 4 members (excludes halogenated alkanes) is 54. The average molecular weight is 1130 g/mol. The van der Waals surface area contributed by atoms with Gasteiger partial charge in [-0.15, -0.1) is 0 Å². The van der Waals surface area contributed by atoms with Gasteiger partial charge in [0.2, 0.25) is 5.91 Å². The fraction of sp³-hybridized carbons (Fsp3) is 0.986. The van der Waals surface area contributed by atoms with Gasteiger partial charge in [0.05, 0.1) is 39.9 Å². The molecule has 0 aliphatic carbocycles. The minimum Gasteiger partial charge on any atom is -0.756 e. The van der Waals surface area contributed by atoms with Crippen LogP contribution in [-0.2, 0) is 18.4 Å². The molecule has 0 rings (SSSR count). The number of likely N-dealkylation sites (N-methyl/N-ethyl adjacent to an activating group) is 1. The highest BCUT2D eigenvalue weighted by Gasteiger charge is 2.24. The van der Waals surface area contributed by atoms with Crippen LogP contribution in [0.15, 0.2) is 0 Å². The quantitative estimate of drug-likeness (QED) is 0.0357. The van der Waals surface area contributed by atoms with E-state index in [0.717, 1.165) is 38.5 Å². The fourth-order valence-corrected chi connectivity index (χ4v) is 12.1. The number of carbonyl (C=O) groups excluding carboxylic acids is 1. The second-order valence-corrected chi connectivity index (χ2v) is 27.4. The third-order valence-electron chi connectivity index (χ3n) is 16.8. The van der Waals surface area contributed by atoms with Crippen molar-refractivity contribution in [3.63, 3.8) is 0 Å². The molecule has 0 aromatic carbocycles. The molecule has 468 valence electrons. The minimum absolute atomic E-state index is 0.0168. The molecule has 0 fully saturated rings. The largest absolute Gasteiger partial charge is 0.756 e. The van der Waals surface area contributed by atoms with Gasteiger partial charge in [-0.2, -0.15) is 0 Å². The summed E-state index contributed by atoms with van der Waals surface area (Å²) in [4.78, 5) is 25.6. The van der Waals surface area contributed by atoms with E-state index in [4.69, 9.17) is 9.05 Å². The second kappa shape index (κ2) is 61.1. The minimum atomic E-state index is -4.57. The zero-order chi connectivity index (χ0) is 57.0. The molecule has 3 atom stereocenters. The van der Waals surface area contributed by atoms with Gasteiger partial charge in [-0.1, -0.05) is 367 Å². The molecule has 0 bridgehead atoms. The molecule has 0 heterocycles. The number of rotatable bonds is 67. The lowest BCUT2D eigenvalue weighted by Gasteiger charge is -2.30. The smallest absolute Gasteiger partial charge is 0.268 e. The van der Waals surface area contributed by atoms with Crippen LogP contribution in [0.2, 0.25) is 0 Å². The van der Waals surface area contributed by atoms with Crippen LogP contribution in [0.4, 0.5) is 0 Å². The number of hydrogen-bond acceptors (Lipinski definition) is 6. The van der Waals surface area contributed by atoms with Gasteiger partial charge in [-0.05, 0) is 12.8 Å². The molecule has 0 saturated carbocycles. The lowest BCUT2D eigenvalue weighted by Crippen LogP contribution is -2.46. The predicted octanol–water partition coefficient (Wildman–Crippen LogP) is 21.7. The Balaban J connectivity index is 3.86. The summed E-state index contributed by atoms with van der Waals surface area (Å²) < 4.78 is 23.5. The summed E-state index contributed by atoms with van der Waals surface area (Å²) in [6.07, 6.45) is 76.3. The monoisotopic (exact) mass is 1130 g/mol. The molecule has 8 nitrogen and oxygen atoms in total. The molecular formula is C69H141N2O6P. The Kier molecular flexibility index (Phi) is 60.7. The highest BCUT2D eigenvalue weighted by Crippen LogP contribution is 2.38. The Morgan fingerprint density at radius 3 is 0.872 bits per heavy atom. The maximum atomic E-state index is 13.0. The zero-order valence-electron chi connectivity index (χ0n) is 53.7. The number of amides is 1. The van der Waals surface area contributed by atoms with E-state index >= 15 is 0 Å². The lowest BCUT2D eigenvalue weighted by molar-refractivity contribution is -0.870. The normalized spacial score (nSPS) is 13.6. The second-order valence-electron chi connectivity index (χ2n) is 26.0. The van der Waals surface area contributed by atoms with Crippen LogP contribution in [-0.4, -0.2) is 68.5 Å². The number of hydrogen-bond donors (Lipinski definition) is 2. The first-order valence-electron chi connectivity index (χ1n) is 35.4. The molecule has 0 aliphatic rings. The number of phosphoric ester groups is 1. The molecule has 78 heavy (non-hydrogen) atoms. The van der Waals surface area contributed by atoms with E-state index in [1.807, 2.05) is 21.1 Å². The van der Waals surface area contributed by atoms with Crippen molar-refractivity contribution in [1.82, 2.24) is 5.32 Å². The van der Waals surface area contributed by atoms with E-state index in [1.165, 1.54) is 321 Å². The average Bonchev–Trinajstić information content (AvgIpc) is 3.41. The number of nitrogens with one attached hydrogen (secondary N) is 1. The fourth-order valence-electron chi connectivity index (χ4n) is 11.3. The molecule has 0 spiro atoms. The summed E-state index contributed by atoms with van der Waals surface area (Å²) in [6.45, 7) is 4.79. The van der Waals surface area contributed by atoms with Crippen LogP contribution in [0.1, 0.15) is 386 Å². The molecule has 3 unspecified atom stereocenters. The maximum absolute atomic E-state index is 13.0. The van der Waals surface area contributed by atoms with Crippen molar-refractivity contribution in [3.05, 3.63) is 0 Å².